The number of rotatable bonds is 5. The number of hydrogen-bond acceptors (Lipinski definition) is 5. The van der Waals surface area contributed by atoms with Crippen LogP contribution in [0, 0.1) is 0 Å². The molecule has 1 aromatic carbocycles. The molecule has 0 unspecified atom stereocenters. The zero-order chi connectivity index (χ0) is 14.5. The Kier molecular flexibility index (Phi) is 4.26. The van der Waals surface area contributed by atoms with E-state index in [9.17, 15) is 9.59 Å². The Morgan fingerprint density at radius 2 is 2.10 bits per heavy atom. The monoisotopic (exact) mass is 281 g/mol. The molecule has 0 spiro atoms. The van der Waals surface area contributed by atoms with Gasteiger partial charge in [0.25, 0.3) is 0 Å². The Morgan fingerprint density at radius 1 is 1.35 bits per heavy atom. The van der Waals surface area contributed by atoms with Gasteiger partial charge in [0.2, 0.25) is 6.79 Å². The standard InChI is InChI=1S/C12H15N3O5/c1-15(6-11(16)17)14-12(18)13-5-8-2-3-9-10(4-8)20-7-19-9/h2-4H,5-7H2,1H3,(H,16,17)(H2,13,14,18). The molecule has 2 rings (SSSR count). The van der Waals surface area contributed by atoms with E-state index in [0.29, 0.717) is 18.0 Å². The second kappa shape index (κ2) is 6.11. The van der Waals surface area contributed by atoms with Gasteiger partial charge in [0.15, 0.2) is 11.5 Å². The molecule has 0 atom stereocenters. The summed E-state index contributed by atoms with van der Waals surface area (Å²) in [5.41, 5.74) is 3.23. The molecular weight excluding hydrogens is 266 g/mol. The molecule has 1 aliphatic heterocycles. The molecule has 0 radical (unpaired) electrons. The van der Waals surface area contributed by atoms with E-state index in [1.807, 2.05) is 6.07 Å². The van der Waals surface area contributed by atoms with Gasteiger partial charge in [-0.15, -0.1) is 0 Å². The lowest BCUT2D eigenvalue weighted by molar-refractivity contribution is -0.138. The van der Waals surface area contributed by atoms with E-state index in [-0.39, 0.29) is 13.3 Å². The van der Waals surface area contributed by atoms with E-state index in [0.717, 1.165) is 5.56 Å². The smallest absolute Gasteiger partial charge is 0.329 e. The third kappa shape index (κ3) is 3.75. The number of nitrogens with one attached hydrogen (secondary N) is 2. The van der Waals surface area contributed by atoms with Gasteiger partial charge in [-0.25, -0.2) is 9.80 Å². The van der Waals surface area contributed by atoms with Crippen LogP contribution >= 0.6 is 0 Å². The Hall–Kier alpha value is -2.48. The molecule has 0 aromatic heterocycles. The number of fused-ring (bicyclic) bond motifs is 1. The Balaban J connectivity index is 1.80. The topological polar surface area (TPSA) is 100 Å². The lowest BCUT2D eigenvalue weighted by atomic mass is 10.2. The summed E-state index contributed by atoms with van der Waals surface area (Å²) in [6.45, 7) is 0.216. The van der Waals surface area contributed by atoms with Gasteiger partial charge in [0.05, 0.1) is 0 Å². The normalized spacial score (nSPS) is 12.3. The SMILES string of the molecule is CN(CC(=O)O)NC(=O)NCc1ccc2c(c1)OCO2. The number of hydrazine groups is 1. The fourth-order valence-corrected chi connectivity index (χ4v) is 1.69. The molecule has 1 aliphatic rings. The van der Waals surface area contributed by atoms with Crippen LogP contribution in [0.3, 0.4) is 0 Å². The van der Waals surface area contributed by atoms with Crippen LogP contribution in [0.15, 0.2) is 18.2 Å². The van der Waals surface area contributed by atoms with Gasteiger partial charge in [0, 0.05) is 13.6 Å². The second-order valence-electron chi connectivity index (χ2n) is 4.23. The van der Waals surface area contributed by atoms with Crippen molar-refractivity contribution in [1.82, 2.24) is 15.8 Å². The first-order valence-corrected chi connectivity index (χ1v) is 5.90. The molecule has 2 amide bonds. The first-order chi connectivity index (χ1) is 9.54. The van der Waals surface area contributed by atoms with E-state index >= 15 is 0 Å². The number of hydrogen-bond donors (Lipinski definition) is 3. The summed E-state index contributed by atoms with van der Waals surface area (Å²) in [5.74, 6) is 0.302. The van der Waals surface area contributed by atoms with Crippen molar-refractivity contribution < 1.29 is 24.2 Å². The number of carbonyl (C=O) groups excluding carboxylic acids is 1. The van der Waals surface area contributed by atoms with Crippen molar-refractivity contribution >= 4 is 12.0 Å². The van der Waals surface area contributed by atoms with Gasteiger partial charge in [-0.3, -0.25) is 10.2 Å². The average molecular weight is 281 g/mol. The molecule has 20 heavy (non-hydrogen) atoms. The Bertz CT molecular complexity index is 520. The molecule has 0 bridgehead atoms. The van der Waals surface area contributed by atoms with E-state index < -0.39 is 12.0 Å². The molecule has 1 aromatic rings. The molecule has 0 saturated heterocycles. The number of carboxylic acids is 1. The fourth-order valence-electron chi connectivity index (χ4n) is 1.69. The molecule has 108 valence electrons. The van der Waals surface area contributed by atoms with Gasteiger partial charge in [-0.1, -0.05) is 6.07 Å². The molecule has 0 saturated carbocycles. The van der Waals surface area contributed by atoms with Crippen molar-refractivity contribution in [2.45, 2.75) is 6.54 Å². The number of nitrogens with zero attached hydrogens (tertiary/aromatic N) is 1. The summed E-state index contributed by atoms with van der Waals surface area (Å²) in [6, 6.07) is 4.89. The van der Waals surface area contributed by atoms with Crippen molar-refractivity contribution in [1.29, 1.82) is 0 Å². The van der Waals surface area contributed by atoms with Gasteiger partial charge in [0.1, 0.15) is 6.54 Å². The van der Waals surface area contributed by atoms with Gasteiger partial charge in [-0.2, -0.15) is 0 Å². The molecule has 8 nitrogen and oxygen atoms in total. The third-order valence-electron chi connectivity index (χ3n) is 2.55. The summed E-state index contributed by atoms with van der Waals surface area (Å²) in [7, 11) is 1.47. The van der Waals surface area contributed by atoms with Crippen molar-refractivity contribution in [2.75, 3.05) is 20.4 Å². The predicted molar refractivity (Wildman–Crippen MR) is 68.2 cm³/mol. The predicted octanol–water partition coefficient (Wildman–Crippen LogP) is 0.146. The maximum Gasteiger partial charge on any atom is 0.329 e. The summed E-state index contributed by atoms with van der Waals surface area (Å²) in [4.78, 5) is 22.0. The number of aliphatic carboxylic acids is 1. The molecular formula is C12H15N3O5. The minimum Gasteiger partial charge on any atom is -0.480 e. The number of amides is 2. The summed E-state index contributed by atoms with van der Waals surface area (Å²) >= 11 is 0. The maximum atomic E-state index is 11.5. The first kappa shape index (κ1) is 13.9. The molecule has 0 aliphatic carbocycles. The van der Waals surface area contributed by atoms with Crippen molar-refractivity contribution in [2.24, 2.45) is 0 Å². The van der Waals surface area contributed by atoms with Crippen molar-refractivity contribution in [3.63, 3.8) is 0 Å². The van der Waals surface area contributed by atoms with Crippen LogP contribution in [0.4, 0.5) is 4.79 Å². The fraction of sp³-hybridized carbons (Fsp3) is 0.333. The quantitative estimate of drug-likeness (QED) is 0.664. The van der Waals surface area contributed by atoms with E-state index in [2.05, 4.69) is 10.7 Å². The Morgan fingerprint density at radius 3 is 2.85 bits per heavy atom. The highest BCUT2D eigenvalue weighted by Crippen LogP contribution is 2.32. The highest BCUT2D eigenvalue weighted by atomic mass is 16.7. The number of carbonyl (C=O) groups is 2. The van der Waals surface area contributed by atoms with Crippen LogP contribution < -0.4 is 20.2 Å². The lowest BCUT2D eigenvalue weighted by Gasteiger charge is -2.16. The largest absolute Gasteiger partial charge is 0.480 e. The summed E-state index contributed by atoms with van der Waals surface area (Å²) < 4.78 is 10.4. The number of ether oxygens (including phenoxy) is 2. The van der Waals surface area contributed by atoms with Crippen LogP contribution in [0.2, 0.25) is 0 Å². The number of urea groups is 1. The van der Waals surface area contributed by atoms with Crippen LogP contribution in [-0.2, 0) is 11.3 Å². The average Bonchev–Trinajstić information content (AvgIpc) is 2.82. The first-order valence-electron chi connectivity index (χ1n) is 5.90. The molecule has 3 N–H and O–H groups in total. The van der Waals surface area contributed by atoms with Gasteiger partial charge in [-0.05, 0) is 17.7 Å². The van der Waals surface area contributed by atoms with Crippen LogP contribution in [0.5, 0.6) is 11.5 Å². The second-order valence-corrected chi connectivity index (χ2v) is 4.23. The van der Waals surface area contributed by atoms with Crippen molar-refractivity contribution in [3.8, 4) is 11.5 Å². The Labute approximate surface area is 115 Å². The summed E-state index contributed by atoms with van der Waals surface area (Å²) in [6.07, 6.45) is 0. The van der Waals surface area contributed by atoms with Crippen molar-refractivity contribution in [3.05, 3.63) is 23.8 Å². The van der Waals surface area contributed by atoms with E-state index in [1.165, 1.54) is 12.1 Å². The van der Waals surface area contributed by atoms with Crippen LogP contribution in [0.25, 0.3) is 0 Å². The highest BCUT2D eigenvalue weighted by molar-refractivity contribution is 5.74. The molecule has 1 heterocycles. The van der Waals surface area contributed by atoms with Gasteiger partial charge < -0.3 is 19.9 Å². The maximum absolute atomic E-state index is 11.5. The van der Waals surface area contributed by atoms with E-state index in [4.69, 9.17) is 14.6 Å². The lowest BCUT2D eigenvalue weighted by Crippen LogP contribution is -2.46. The zero-order valence-corrected chi connectivity index (χ0v) is 10.9. The third-order valence-corrected chi connectivity index (χ3v) is 2.55. The minimum atomic E-state index is -1.02. The zero-order valence-electron chi connectivity index (χ0n) is 10.9. The van der Waals surface area contributed by atoms with Gasteiger partial charge >= 0.3 is 12.0 Å². The van der Waals surface area contributed by atoms with Crippen LogP contribution in [-0.4, -0.2) is 42.5 Å². The van der Waals surface area contributed by atoms with Crippen LogP contribution in [0.1, 0.15) is 5.56 Å². The number of likely N-dealkylation sites (N-methyl/N-ethyl adjacent to an activating group) is 1. The number of carboxylic acid groups (broad SMARTS) is 1. The molecule has 8 heteroatoms. The van der Waals surface area contributed by atoms with E-state index in [1.54, 1.807) is 12.1 Å². The minimum absolute atomic E-state index is 0.201. The number of benzene rings is 1. The molecule has 0 fully saturated rings. The highest BCUT2D eigenvalue weighted by Gasteiger charge is 2.13. The summed E-state index contributed by atoms with van der Waals surface area (Å²) in [5, 5.41) is 12.3.